The number of hydrogen-bond acceptors (Lipinski definition) is 12. The molecule has 7 rings (SSSR count). The molecule has 12 nitrogen and oxygen atoms in total. The number of carbonyl (C=O) groups is 3. The van der Waals surface area contributed by atoms with Crippen LogP contribution < -0.4 is 23.7 Å². The van der Waals surface area contributed by atoms with Gasteiger partial charge in [0.1, 0.15) is 34.3 Å². The predicted molar refractivity (Wildman–Crippen MR) is 358 cm³/mol. The Morgan fingerprint density at radius 1 is 0.352 bits per heavy atom. The predicted octanol–water partition coefficient (Wildman–Crippen LogP) is 17.5. The molecular formula is C79H83NO11. The van der Waals surface area contributed by atoms with Gasteiger partial charge in [0, 0.05) is 35.5 Å². The largest absolute Gasteiger partial charge is 0.494 e. The summed E-state index contributed by atoms with van der Waals surface area (Å²) in [6, 6.07) is 50.7. The van der Waals surface area contributed by atoms with Crippen LogP contribution in [0.5, 0.6) is 28.7 Å². The number of carbonyl (C=O) groups excluding carboxylic acids is 3. The number of ether oxygens (including phenoxy) is 8. The molecule has 0 saturated carbocycles. The van der Waals surface area contributed by atoms with Crippen molar-refractivity contribution >= 4 is 17.9 Å². The number of esters is 3. The summed E-state index contributed by atoms with van der Waals surface area (Å²) in [5.41, 5.74) is 6.25. The molecule has 0 saturated heterocycles. The zero-order valence-corrected chi connectivity index (χ0v) is 52.3. The Balaban J connectivity index is 0.867. The van der Waals surface area contributed by atoms with E-state index >= 15 is 0 Å². The molecule has 0 heterocycles. The van der Waals surface area contributed by atoms with Gasteiger partial charge in [0.2, 0.25) is 0 Å². The molecule has 0 unspecified atom stereocenters. The van der Waals surface area contributed by atoms with Crippen molar-refractivity contribution in [3.05, 3.63) is 234 Å². The number of nitriles is 1. The molecule has 7 aromatic rings. The van der Waals surface area contributed by atoms with Crippen LogP contribution in [-0.2, 0) is 14.2 Å². The van der Waals surface area contributed by atoms with Crippen molar-refractivity contribution in [2.45, 2.75) is 109 Å². The standard InChI is InChI=1S/C79H83NO11/c1-3-52-84-54-16-12-14-19-57-86-71-44-32-64(33-45-71)24-22-62-26-38-69(39-27-62)77(81)90-74-50-51-76(91-78(82)70-40-28-63(29-41-70)23-25-65-34-46-72(47-35-65)87-58-20-15-13-17-55-85-53-4-2)75(60-74)79(83)89-59-21-11-9-7-5-6-8-10-18-56-88-73-48-42-68(43-49-73)67-36-30-66(61-80)31-37-67/h3-4,26-51,60H,1-2,5-21,52-59H2. The third-order valence-corrected chi connectivity index (χ3v) is 14.6. The van der Waals surface area contributed by atoms with Gasteiger partial charge in [0.25, 0.3) is 0 Å². The molecule has 0 aromatic heterocycles. The first-order valence-electron chi connectivity index (χ1n) is 31.8. The Morgan fingerprint density at radius 3 is 1.09 bits per heavy atom. The number of nitrogens with zero attached hydrogens (tertiary/aromatic N) is 1. The van der Waals surface area contributed by atoms with Gasteiger partial charge < -0.3 is 37.9 Å². The van der Waals surface area contributed by atoms with E-state index in [1.165, 1.54) is 18.2 Å². The minimum Gasteiger partial charge on any atom is -0.494 e. The Morgan fingerprint density at radius 2 is 0.681 bits per heavy atom. The van der Waals surface area contributed by atoms with Crippen LogP contribution in [0.2, 0.25) is 0 Å². The van der Waals surface area contributed by atoms with Crippen LogP contribution in [0.4, 0.5) is 0 Å². The van der Waals surface area contributed by atoms with E-state index in [4.69, 9.17) is 43.2 Å². The average Bonchev–Trinajstić information content (AvgIpc) is 1.27. The van der Waals surface area contributed by atoms with Gasteiger partial charge >= 0.3 is 17.9 Å². The molecule has 0 aliphatic rings. The minimum absolute atomic E-state index is 0.0460. The maximum absolute atomic E-state index is 13.8. The minimum atomic E-state index is -0.718. The molecule has 12 heteroatoms. The highest BCUT2D eigenvalue weighted by Crippen LogP contribution is 2.28. The first kappa shape index (κ1) is 68.8. The molecule has 0 radical (unpaired) electrons. The smallest absolute Gasteiger partial charge is 0.343 e. The Bertz CT molecular complexity index is 3510. The van der Waals surface area contributed by atoms with Gasteiger partial charge in [-0.3, -0.25) is 0 Å². The highest BCUT2D eigenvalue weighted by Gasteiger charge is 2.21. The fourth-order valence-electron chi connectivity index (χ4n) is 9.47. The molecule has 0 fully saturated rings. The van der Waals surface area contributed by atoms with E-state index in [2.05, 4.69) is 42.9 Å². The lowest BCUT2D eigenvalue weighted by molar-refractivity contribution is 0.0490. The fourth-order valence-corrected chi connectivity index (χ4v) is 9.47. The van der Waals surface area contributed by atoms with Crippen LogP contribution in [0, 0.1) is 35.0 Å². The second-order valence-electron chi connectivity index (χ2n) is 21.8. The van der Waals surface area contributed by atoms with Gasteiger partial charge in [-0.25, -0.2) is 14.4 Å². The van der Waals surface area contributed by atoms with Crippen molar-refractivity contribution in [3.8, 4) is 69.6 Å². The monoisotopic (exact) mass is 1220 g/mol. The Labute approximate surface area is 538 Å². The molecule has 7 aromatic carbocycles. The topological polar surface area (TPSA) is 149 Å². The Kier molecular flexibility index (Phi) is 30.9. The second kappa shape index (κ2) is 40.8. The molecule has 0 aliphatic heterocycles. The van der Waals surface area contributed by atoms with E-state index in [1.807, 2.05) is 97.1 Å². The van der Waals surface area contributed by atoms with Gasteiger partial charge in [-0.2, -0.15) is 5.26 Å². The molecule has 0 amide bonds. The fraction of sp³-hybridized carbons (Fsp3) is 0.316. The number of unbranched alkanes of at least 4 members (excludes halogenated alkanes) is 14. The SMILES string of the molecule is C=CCOCCCCCCOc1ccc(C#Cc2ccc(C(=O)Oc3ccc(OC(=O)c4ccc(C#Cc5ccc(OCCCCCCOCC=C)cc5)cc4)c(C(=O)OCCCCCCCCCCCOc4ccc(-c5ccc(C#N)cc5)cc4)c3)cc2)cc1. The average molecular weight is 1220 g/mol. The second-order valence-corrected chi connectivity index (χ2v) is 21.8. The summed E-state index contributed by atoms with van der Waals surface area (Å²) in [6.07, 6.45) is 20.9. The van der Waals surface area contributed by atoms with Gasteiger partial charge in [-0.15, -0.1) is 13.2 Å². The third kappa shape index (κ3) is 26.2. The molecule has 91 heavy (non-hydrogen) atoms. The first-order chi connectivity index (χ1) is 44.8. The van der Waals surface area contributed by atoms with Gasteiger partial charge in [0.05, 0.1) is 62.4 Å². The maximum Gasteiger partial charge on any atom is 0.343 e. The van der Waals surface area contributed by atoms with Crippen LogP contribution >= 0.6 is 0 Å². The summed E-state index contributed by atoms with van der Waals surface area (Å²) in [6.45, 7) is 12.1. The Hall–Kier alpha value is -9.64. The summed E-state index contributed by atoms with van der Waals surface area (Å²) in [7, 11) is 0. The van der Waals surface area contributed by atoms with Crippen molar-refractivity contribution in [3.63, 3.8) is 0 Å². The van der Waals surface area contributed by atoms with Crippen LogP contribution in [0.3, 0.4) is 0 Å². The zero-order valence-electron chi connectivity index (χ0n) is 52.3. The van der Waals surface area contributed by atoms with Gasteiger partial charge in [-0.05, 0) is 202 Å². The summed E-state index contributed by atoms with van der Waals surface area (Å²) < 4.78 is 46.0. The highest BCUT2D eigenvalue weighted by atomic mass is 16.6. The van der Waals surface area contributed by atoms with Crippen molar-refractivity contribution in [2.75, 3.05) is 52.9 Å². The van der Waals surface area contributed by atoms with Crippen LogP contribution in [0.25, 0.3) is 11.1 Å². The van der Waals surface area contributed by atoms with E-state index in [0.717, 1.165) is 155 Å². The van der Waals surface area contributed by atoms with Gasteiger partial charge in [-0.1, -0.05) is 118 Å². The van der Waals surface area contributed by atoms with Crippen molar-refractivity contribution in [1.82, 2.24) is 0 Å². The maximum atomic E-state index is 13.8. The summed E-state index contributed by atoms with van der Waals surface area (Å²) in [4.78, 5) is 40.9. The lowest BCUT2D eigenvalue weighted by atomic mass is 10.0. The molecule has 0 bridgehead atoms. The van der Waals surface area contributed by atoms with E-state index in [-0.39, 0.29) is 34.8 Å². The summed E-state index contributed by atoms with van der Waals surface area (Å²) in [5, 5.41) is 9.07. The van der Waals surface area contributed by atoms with E-state index in [1.54, 1.807) is 60.7 Å². The lowest BCUT2D eigenvalue weighted by Gasteiger charge is -2.12. The summed E-state index contributed by atoms with van der Waals surface area (Å²) in [5.74, 6) is 13.0. The molecule has 0 atom stereocenters. The molecular weight excluding hydrogens is 1140 g/mol. The van der Waals surface area contributed by atoms with Crippen LogP contribution in [-0.4, -0.2) is 70.8 Å². The zero-order chi connectivity index (χ0) is 63.8. The van der Waals surface area contributed by atoms with E-state index in [0.29, 0.717) is 56.1 Å². The molecule has 0 spiro atoms. The van der Waals surface area contributed by atoms with Gasteiger partial charge in [0.15, 0.2) is 0 Å². The lowest BCUT2D eigenvalue weighted by Crippen LogP contribution is -2.14. The normalized spacial score (nSPS) is 10.5. The molecule has 470 valence electrons. The highest BCUT2D eigenvalue weighted by molar-refractivity contribution is 5.97. The van der Waals surface area contributed by atoms with Crippen molar-refractivity contribution < 1.29 is 52.3 Å². The number of rotatable bonds is 39. The van der Waals surface area contributed by atoms with Crippen LogP contribution in [0.1, 0.15) is 168 Å². The number of hydrogen-bond donors (Lipinski definition) is 0. The van der Waals surface area contributed by atoms with Crippen LogP contribution in [0.15, 0.2) is 189 Å². The van der Waals surface area contributed by atoms with Crippen molar-refractivity contribution in [1.29, 1.82) is 5.26 Å². The molecule has 0 N–H and O–H groups in total. The molecule has 0 aliphatic carbocycles. The third-order valence-electron chi connectivity index (χ3n) is 14.6. The first-order valence-corrected chi connectivity index (χ1v) is 31.8. The van der Waals surface area contributed by atoms with Crippen molar-refractivity contribution in [2.24, 2.45) is 0 Å². The van der Waals surface area contributed by atoms with E-state index in [9.17, 15) is 14.4 Å². The number of benzene rings is 7. The quantitative estimate of drug-likeness (QED) is 0.0119. The summed E-state index contributed by atoms with van der Waals surface area (Å²) >= 11 is 0. The van der Waals surface area contributed by atoms with E-state index < -0.39 is 17.9 Å².